The van der Waals surface area contributed by atoms with E-state index in [2.05, 4.69) is 26.5 Å². The first-order chi connectivity index (χ1) is 17.9. The quantitative estimate of drug-likeness (QED) is 0.163. The summed E-state index contributed by atoms with van der Waals surface area (Å²) in [5.74, 6) is -0.120. The number of carbonyl (C=O) groups is 1. The number of hydrogen-bond donors (Lipinski definition) is 2. The van der Waals surface area contributed by atoms with Crippen LogP contribution in [0, 0.1) is 10.1 Å². The fraction of sp³-hybridized carbons (Fsp3) is 0.0714. The third-order valence-corrected chi connectivity index (χ3v) is 6.21. The number of nitrogens with zero attached hydrogens (tertiary/aromatic N) is 2. The molecule has 1 amide bonds. The Labute approximate surface area is 221 Å². The number of hydrogen-bond acceptors (Lipinski definition) is 6. The highest BCUT2D eigenvalue weighted by Gasteiger charge is 2.39. The third-order valence-electron chi connectivity index (χ3n) is 5.59. The number of carbonyl (C=O) groups excluding carboxylic acids is 1. The van der Waals surface area contributed by atoms with Gasteiger partial charge in [-0.25, -0.2) is 5.43 Å². The first-order valence-corrected chi connectivity index (χ1v) is 12.0. The van der Waals surface area contributed by atoms with Crippen molar-refractivity contribution < 1.29 is 19.6 Å². The minimum absolute atomic E-state index is 0.0200. The molecular formula is C28H22BrN3O5. The summed E-state index contributed by atoms with van der Waals surface area (Å²) in [5, 5.41) is 26.3. The second kappa shape index (κ2) is 11.6. The molecule has 9 heteroatoms. The van der Waals surface area contributed by atoms with Crippen LogP contribution in [0.2, 0.25) is 0 Å². The number of benzene rings is 4. The molecule has 0 fully saturated rings. The number of ether oxygens (including phenoxy) is 1. The topological polar surface area (TPSA) is 114 Å². The van der Waals surface area contributed by atoms with E-state index in [4.69, 9.17) is 4.74 Å². The molecule has 0 unspecified atom stereocenters. The van der Waals surface area contributed by atoms with Gasteiger partial charge in [0.25, 0.3) is 11.6 Å². The molecule has 0 saturated heterocycles. The average Bonchev–Trinajstić information content (AvgIpc) is 2.93. The van der Waals surface area contributed by atoms with Crippen molar-refractivity contribution in [3.8, 4) is 5.75 Å². The predicted molar refractivity (Wildman–Crippen MR) is 143 cm³/mol. The van der Waals surface area contributed by atoms with Crippen LogP contribution in [0.4, 0.5) is 5.69 Å². The van der Waals surface area contributed by atoms with Gasteiger partial charge in [0.2, 0.25) is 0 Å². The van der Waals surface area contributed by atoms with Gasteiger partial charge in [-0.05, 0) is 68.5 Å². The first-order valence-electron chi connectivity index (χ1n) is 11.2. The minimum Gasteiger partial charge on any atom is -0.488 e. The lowest BCUT2D eigenvalue weighted by atomic mass is 9.85. The maximum absolute atomic E-state index is 13.1. The molecule has 0 spiro atoms. The molecule has 0 aliphatic carbocycles. The Morgan fingerprint density at radius 2 is 1.57 bits per heavy atom. The lowest BCUT2D eigenvalue weighted by Crippen LogP contribution is -2.43. The monoisotopic (exact) mass is 559 g/mol. The highest BCUT2D eigenvalue weighted by molar-refractivity contribution is 9.10. The van der Waals surface area contributed by atoms with E-state index in [1.54, 1.807) is 78.9 Å². The van der Waals surface area contributed by atoms with E-state index in [0.29, 0.717) is 26.9 Å². The summed E-state index contributed by atoms with van der Waals surface area (Å²) in [6.07, 6.45) is 1.46. The zero-order chi connectivity index (χ0) is 26.3. The van der Waals surface area contributed by atoms with E-state index in [1.165, 1.54) is 18.3 Å². The van der Waals surface area contributed by atoms with Crippen LogP contribution in [0.5, 0.6) is 5.75 Å². The maximum Gasteiger partial charge on any atom is 0.281 e. The van der Waals surface area contributed by atoms with Crippen molar-refractivity contribution in [3.05, 3.63) is 140 Å². The second-order valence-corrected chi connectivity index (χ2v) is 8.90. The molecule has 0 aliphatic rings. The molecule has 0 aromatic heterocycles. The minimum atomic E-state index is -1.92. The number of aliphatic hydroxyl groups is 1. The van der Waals surface area contributed by atoms with E-state index in [9.17, 15) is 20.0 Å². The lowest BCUT2D eigenvalue weighted by molar-refractivity contribution is -0.384. The molecule has 8 nitrogen and oxygen atoms in total. The van der Waals surface area contributed by atoms with Gasteiger partial charge in [0.15, 0.2) is 5.60 Å². The van der Waals surface area contributed by atoms with Crippen LogP contribution in [0.3, 0.4) is 0 Å². The molecule has 0 atom stereocenters. The van der Waals surface area contributed by atoms with Crippen molar-refractivity contribution in [2.24, 2.45) is 5.10 Å². The summed E-state index contributed by atoms with van der Waals surface area (Å²) in [5.41, 5.74) is 2.86. The van der Waals surface area contributed by atoms with Gasteiger partial charge in [0.05, 0.1) is 15.6 Å². The Morgan fingerprint density at radius 3 is 2.11 bits per heavy atom. The van der Waals surface area contributed by atoms with Crippen molar-refractivity contribution >= 4 is 33.7 Å². The molecule has 0 heterocycles. The van der Waals surface area contributed by atoms with Crippen LogP contribution in [0.15, 0.2) is 113 Å². The van der Waals surface area contributed by atoms with E-state index >= 15 is 0 Å². The van der Waals surface area contributed by atoms with Crippen molar-refractivity contribution in [2.45, 2.75) is 12.2 Å². The fourth-order valence-electron chi connectivity index (χ4n) is 3.62. The summed E-state index contributed by atoms with van der Waals surface area (Å²) in [7, 11) is 0. The lowest BCUT2D eigenvalue weighted by Gasteiger charge is -2.27. The van der Waals surface area contributed by atoms with Crippen molar-refractivity contribution in [2.75, 3.05) is 0 Å². The second-order valence-electron chi connectivity index (χ2n) is 8.04. The van der Waals surface area contributed by atoms with Crippen LogP contribution < -0.4 is 10.2 Å². The van der Waals surface area contributed by atoms with Gasteiger partial charge in [-0.1, -0.05) is 60.7 Å². The van der Waals surface area contributed by atoms with Crippen LogP contribution in [-0.2, 0) is 17.0 Å². The van der Waals surface area contributed by atoms with Crippen molar-refractivity contribution in [1.82, 2.24) is 5.43 Å². The van der Waals surface area contributed by atoms with Crippen LogP contribution in [0.1, 0.15) is 22.3 Å². The number of nitro groups is 1. The zero-order valence-electron chi connectivity index (χ0n) is 19.5. The van der Waals surface area contributed by atoms with Crippen molar-refractivity contribution in [3.63, 3.8) is 0 Å². The molecule has 4 aromatic rings. The molecule has 4 rings (SSSR count). The standard InChI is InChI=1S/C28H22BrN3O5/c29-25-17-21(13-16-26(25)37-19-20-11-14-24(15-12-20)32(35)36)18-30-31-27(33)28(34,22-7-3-1-4-8-22)23-9-5-2-6-10-23/h1-18,34H,19H2,(H,31,33)/b30-18+. The largest absolute Gasteiger partial charge is 0.488 e. The summed E-state index contributed by atoms with van der Waals surface area (Å²) in [6, 6.07) is 28.8. The number of halogens is 1. The maximum atomic E-state index is 13.1. The predicted octanol–water partition coefficient (Wildman–Crippen LogP) is 5.32. The zero-order valence-corrected chi connectivity index (χ0v) is 21.0. The van der Waals surface area contributed by atoms with Gasteiger partial charge >= 0.3 is 0 Å². The van der Waals surface area contributed by atoms with Gasteiger partial charge in [0, 0.05) is 12.1 Å². The number of amides is 1. The molecule has 4 aromatic carbocycles. The number of non-ortho nitro benzene ring substituents is 1. The Balaban J connectivity index is 1.43. The molecule has 186 valence electrons. The molecule has 2 N–H and O–H groups in total. The SMILES string of the molecule is O=C(N/N=C/c1ccc(OCc2ccc([N+](=O)[O-])cc2)c(Br)c1)C(O)(c1ccccc1)c1ccccc1. The Hall–Kier alpha value is -4.34. The van der Waals surface area contributed by atoms with Crippen LogP contribution in [-0.4, -0.2) is 22.2 Å². The molecule has 0 radical (unpaired) electrons. The van der Waals surface area contributed by atoms with Gasteiger partial charge in [-0.2, -0.15) is 5.10 Å². The van der Waals surface area contributed by atoms with Gasteiger partial charge in [0.1, 0.15) is 12.4 Å². The highest BCUT2D eigenvalue weighted by Crippen LogP contribution is 2.30. The van der Waals surface area contributed by atoms with Gasteiger partial charge < -0.3 is 9.84 Å². The first kappa shape index (κ1) is 25.7. The van der Waals surface area contributed by atoms with E-state index < -0.39 is 16.4 Å². The smallest absolute Gasteiger partial charge is 0.281 e. The van der Waals surface area contributed by atoms with Crippen LogP contribution in [0.25, 0.3) is 0 Å². The third kappa shape index (κ3) is 6.08. The Morgan fingerprint density at radius 1 is 0.973 bits per heavy atom. The highest BCUT2D eigenvalue weighted by atomic mass is 79.9. The number of nitrogens with one attached hydrogen (secondary N) is 1. The normalized spacial score (nSPS) is 11.3. The fourth-order valence-corrected chi connectivity index (χ4v) is 4.13. The molecule has 0 aliphatic heterocycles. The van der Waals surface area contributed by atoms with Crippen molar-refractivity contribution in [1.29, 1.82) is 0 Å². The van der Waals surface area contributed by atoms with E-state index in [0.717, 1.165) is 5.56 Å². The molecular weight excluding hydrogens is 538 g/mol. The Kier molecular flexibility index (Phi) is 8.07. The summed E-state index contributed by atoms with van der Waals surface area (Å²) in [4.78, 5) is 23.4. The molecule has 0 saturated carbocycles. The van der Waals surface area contributed by atoms with E-state index in [1.807, 2.05) is 12.1 Å². The number of hydrazone groups is 1. The average molecular weight is 560 g/mol. The van der Waals surface area contributed by atoms with Gasteiger partial charge in [-0.15, -0.1) is 0 Å². The summed E-state index contributed by atoms with van der Waals surface area (Å²) in [6.45, 7) is 0.234. The summed E-state index contributed by atoms with van der Waals surface area (Å²) < 4.78 is 6.46. The number of rotatable bonds is 9. The van der Waals surface area contributed by atoms with E-state index in [-0.39, 0.29) is 12.3 Å². The summed E-state index contributed by atoms with van der Waals surface area (Å²) >= 11 is 3.46. The number of nitro benzene ring substituents is 1. The van der Waals surface area contributed by atoms with Gasteiger partial charge in [-0.3, -0.25) is 14.9 Å². The molecule has 0 bridgehead atoms. The van der Waals surface area contributed by atoms with Crippen LogP contribution >= 0.6 is 15.9 Å². The Bertz CT molecular complexity index is 1370. The molecule has 37 heavy (non-hydrogen) atoms.